The Hall–Kier alpha value is -2.29. The molecule has 2 rings (SSSR count). The van der Waals surface area contributed by atoms with Gasteiger partial charge in [0.2, 0.25) is 0 Å². The second-order valence-corrected chi connectivity index (χ2v) is 4.84. The minimum absolute atomic E-state index is 0.357. The van der Waals surface area contributed by atoms with Crippen molar-refractivity contribution in [3.8, 4) is 5.75 Å². The first kappa shape index (κ1) is 14.1. The minimum Gasteiger partial charge on any atom is -0.478 e. The topological polar surface area (TPSA) is 46.5 Å². The average Bonchev–Trinajstić information content (AvgIpc) is 2.42. The average molecular weight is 270 g/mol. The Balaban J connectivity index is 2.19. The van der Waals surface area contributed by atoms with Gasteiger partial charge in [0, 0.05) is 6.42 Å². The maximum Gasteiger partial charge on any atom is 0.345 e. The molecule has 20 heavy (non-hydrogen) atoms. The fourth-order valence-corrected chi connectivity index (χ4v) is 2.06. The van der Waals surface area contributed by atoms with Crippen LogP contribution in [0, 0.1) is 13.8 Å². The smallest absolute Gasteiger partial charge is 0.345 e. The Morgan fingerprint density at radius 1 is 1.05 bits per heavy atom. The van der Waals surface area contributed by atoms with Crippen LogP contribution >= 0.6 is 0 Å². The third kappa shape index (κ3) is 3.38. The van der Waals surface area contributed by atoms with E-state index in [4.69, 9.17) is 4.74 Å². The summed E-state index contributed by atoms with van der Waals surface area (Å²) in [5.74, 6) is -0.329. The van der Waals surface area contributed by atoms with E-state index in [9.17, 15) is 9.90 Å². The van der Waals surface area contributed by atoms with Crippen molar-refractivity contribution >= 4 is 5.97 Å². The monoisotopic (exact) mass is 270 g/mol. The van der Waals surface area contributed by atoms with Crippen LogP contribution in [0.4, 0.5) is 0 Å². The number of carboxylic acids is 1. The number of para-hydroxylation sites is 1. The van der Waals surface area contributed by atoms with E-state index in [1.54, 1.807) is 6.07 Å². The Morgan fingerprint density at radius 3 is 2.25 bits per heavy atom. The number of carbonyl (C=O) groups is 1. The molecule has 0 bridgehead atoms. The summed E-state index contributed by atoms with van der Waals surface area (Å²) in [6.45, 7) is 3.88. The molecule has 0 fully saturated rings. The van der Waals surface area contributed by atoms with Gasteiger partial charge in [-0.1, -0.05) is 42.5 Å². The van der Waals surface area contributed by atoms with Crippen molar-refractivity contribution in [2.24, 2.45) is 0 Å². The minimum atomic E-state index is -0.948. The largest absolute Gasteiger partial charge is 0.478 e. The molecule has 3 heteroatoms. The van der Waals surface area contributed by atoms with Crippen LogP contribution in [-0.4, -0.2) is 17.2 Å². The van der Waals surface area contributed by atoms with Gasteiger partial charge in [-0.25, -0.2) is 4.79 Å². The van der Waals surface area contributed by atoms with Crippen molar-refractivity contribution in [2.75, 3.05) is 0 Å². The van der Waals surface area contributed by atoms with Crippen molar-refractivity contribution in [1.82, 2.24) is 0 Å². The van der Waals surface area contributed by atoms with Gasteiger partial charge in [-0.15, -0.1) is 0 Å². The number of aryl methyl sites for hydroxylation is 2. The third-order valence-electron chi connectivity index (χ3n) is 3.30. The van der Waals surface area contributed by atoms with Crippen LogP contribution in [0.2, 0.25) is 0 Å². The molecule has 2 aromatic rings. The van der Waals surface area contributed by atoms with E-state index in [-0.39, 0.29) is 0 Å². The van der Waals surface area contributed by atoms with Gasteiger partial charge >= 0.3 is 5.97 Å². The molecule has 0 aromatic heterocycles. The van der Waals surface area contributed by atoms with Crippen LogP contribution in [0.15, 0.2) is 48.5 Å². The predicted octanol–water partition coefficient (Wildman–Crippen LogP) is 3.38. The van der Waals surface area contributed by atoms with Gasteiger partial charge in [0.05, 0.1) is 0 Å². The summed E-state index contributed by atoms with van der Waals surface area (Å²) in [6, 6.07) is 15.2. The molecule has 0 aliphatic carbocycles. The lowest BCUT2D eigenvalue weighted by atomic mass is 10.0. The number of rotatable bonds is 5. The van der Waals surface area contributed by atoms with E-state index in [0.29, 0.717) is 12.2 Å². The first-order chi connectivity index (χ1) is 9.58. The summed E-state index contributed by atoms with van der Waals surface area (Å²) in [6.07, 6.45) is -0.520. The second-order valence-electron chi connectivity index (χ2n) is 4.84. The van der Waals surface area contributed by atoms with E-state index in [0.717, 1.165) is 16.7 Å². The van der Waals surface area contributed by atoms with Crippen molar-refractivity contribution in [3.05, 3.63) is 65.2 Å². The number of benzene rings is 2. The molecule has 104 valence electrons. The Morgan fingerprint density at radius 2 is 1.65 bits per heavy atom. The van der Waals surface area contributed by atoms with E-state index in [1.165, 1.54) is 0 Å². The standard InChI is InChI=1S/C17H18O3/c1-12-7-3-5-9-14(12)11-16(17(18)19)20-15-10-6-4-8-13(15)2/h3-10,16H,11H2,1-2H3,(H,18,19)/t16-/m1/s1. The SMILES string of the molecule is Cc1ccccc1C[C@@H](Oc1ccccc1C)C(=O)O. The summed E-state index contributed by atoms with van der Waals surface area (Å²) in [4.78, 5) is 11.4. The van der Waals surface area contributed by atoms with Gasteiger partial charge in [0.15, 0.2) is 6.10 Å². The first-order valence-corrected chi connectivity index (χ1v) is 6.57. The van der Waals surface area contributed by atoms with Gasteiger partial charge in [0.1, 0.15) is 5.75 Å². The van der Waals surface area contributed by atoms with Gasteiger partial charge in [-0.3, -0.25) is 0 Å². The molecule has 0 saturated carbocycles. The molecule has 3 nitrogen and oxygen atoms in total. The highest BCUT2D eigenvalue weighted by atomic mass is 16.5. The molecule has 0 spiro atoms. The number of aliphatic carboxylic acids is 1. The lowest BCUT2D eigenvalue weighted by molar-refractivity contribution is -0.145. The maximum absolute atomic E-state index is 11.4. The Kier molecular flexibility index (Phi) is 4.41. The Bertz CT molecular complexity index is 557. The number of carboxylic acid groups (broad SMARTS) is 1. The molecule has 0 amide bonds. The maximum atomic E-state index is 11.4. The van der Waals surface area contributed by atoms with Crippen molar-refractivity contribution in [3.63, 3.8) is 0 Å². The normalized spacial score (nSPS) is 11.9. The quantitative estimate of drug-likeness (QED) is 0.906. The summed E-state index contributed by atoms with van der Waals surface area (Å²) in [5.41, 5.74) is 3.00. The van der Waals surface area contributed by atoms with Crippen LogP contribution < -0.4 is 4.74 Å². The highest BCUT2D eigenvalue weighted by Gasteiger charge is 2.21. The van der Waals surface area contributed by atoms with Crippen molar-refractivity contribution < 1.29 is 14.6 Å². The van der Waals surface area contributed by atoms with E-state index in [1.807, 2.05) is 56.3 Å². The molecule has 0 aliphatic heterocycles. The highest BCUT2D eigenvalue weighted by molar-refractivity contribution is 5.73. The van der Waals surface area contributed by atoms with Crippen LogP contribution in [0.5, 0.6) is 5.75 Å². The second kappa shape index (κ2) is 6.24. The molecule has 1 N–H and O–H groups in total. The van der Waals surface area contributed by atoms with Gasteiger partial charge in [0.25, 0.3) is 0 Å². The zero-order valence-electron chi connectivity index (χ0n) is 11.7. The molecular weight excluding hydrogens is 252 g/mol. The number of hydrogen-bond donors (Lipinski definition) is 1. The lowest BCUT2D eigenvalue weighted by Gasteiger charge is -2.17. The van der Waals surface area contributed by atoms with Crippen molar-refractivity contribution in [2.45, 2.75) is 26.4 Å². The van der Waals surface area contributed by atoms with Crippen LogP contribution in [0.25, 0.3) is 0 Å². The van der Waals surface area contributed by atoms with Crippen LogP contribution in [0.3, 0.4) is 0 Å². The fraction of sp³-hybridized carbons (Fsp3) is 0.235. The van der Waals surface area contributed by atoms with Crippen LogP contribution in [-0.2, 0) is 11.2 Å². The van der Waals surface area contributed by atoms with Gasteiger partial charge in [-0.2, -0.15) is 0 Å². The zero-order valence-corrected chi connectivity index (χ0v) is 11.7. The molecule has 0 aliphatic rings. The highest BCUT2D eigenvalue weighted by Crippen LogP contribution is 2.20. The predicted molar refractivity (Wildman–Crippen MR) is 78.1 cm³/mol. The lowest BCUT2D eigenvalue weighted by Crippen LogP contribution is -2.29. The van der Waals surface area contributed by atoms with Gasteiger partial charge < -0.3 is 9.84 Å². The Labute approximate surface area is 118 Å². The molecule has 0 unspecified atom stereocenters. The first-order valence-electron chi connectivity index (χ1n) is 6.57. The van der Waals surface area contributed by atoms with E-state index < -0.39 is 12.1 Å². The third-order valence-corrected chi connectivity index (χ3v) is 3.30. The van der Waals surface area contributed by atoms with Crippen LogP contribution in [0.1, 0.15) is 16.7 Å². The summed E-state index contributed by atoms with van der Waals surface area (Å²) >= 11 is 0. The molecule has 2 aromatic carbocycles. The molecule has 0 radical (unpaired) electrons. The van der Waals surface area contributed by atoms with E-state index in [2.05, 4.69) is 0 Å². The molecule has 1 atom stereocenters. The van der Waals surface area contributed by atoms with E-state index >= 15 is 0 Å². The molecular formula is C17H18O3. The fourth-order valence-electron chi connectivity index (χ4n) is 2.06. The van der Waals surface area contributed by atoms with Crippen molar-refractivity contribution in [1.29, 1.82) is 0 Å². The summed E-state index contributed by atoms with van der Waals surface area (Å²) in [5, 5.41) is 9.35. The summed E-state index contributed by atoms with van der Waals surface area (Å²) in [7, 11) is 0. The number of ether oxygens (including phenoxy) is 1. The molecule has 0 heterocycles. The zero-order chi connectivity index (χ0) is 14.5. The van der Waals surface area contributed by atoms with Gasteiger partial charge in [-0.05, 0) is 36.6 Å². The molecule has 0 saturated heterocycles. The number of hydrogen-bond acceptors (Lipinski definition) is 2. The summed E-state index contributed by atoms with van der Waals surface area (Å²) < 4.78 is 5.67.